The Labute approximate surface area is 179 Å². The minimum atomic E-state index is -4.65. The Morgan fingerprint density at radius 3 is 2.32 bits per heavy atom. The van der Waals surface area contributed by atoms with Gasteiger partial charge in [-0.05, 0) is 43.9 Å². The van der Waals surface area contributed by atoms with E-state index in [0.717, 1.165) is 35.3 Å². The molecule has 7 nitrogen and oxygen atoms in total. The van der Waals surface area contributed by atoms with Crippen LogP contribution in [-0.2, 0) is 30.5 Å². The zero-order chi connectivity index (χ0) is 22.9. The number of piperidine rings is 1. The number of hydrogen-bond donors (Lipinski definition) is 1. The maximum absolute atomic E-state index is 12.9. The van der Waals surface area contributed by atoms with E-state index in [-0.39, 0.29) is 31.8 Å². The van der Waals surface area contributed by atoms with Gasteiger partial charge in [-0.15, -0.1) is 0 Å². The number of nitrogens with one attached hydrogen (secondary N) is 1. The highest BCUT2D eigenvalue weighted by atomic mass is 32.2. The van der Waals surface area contributed by atoms with Gasteiger partial charge < -0.3 is 10.1 Å². The predicted octanol–water partition coefficient (Wildman–Crippen LogP) is 2.71. The zero-order valence-corrected chi connectivity index (χ0v) is 17.9. The van der Waals surface area contributed by atoms with E-state index in [1.807, 2.05) is 0 Å². The zero-order valence-electron chi connectivity index (χ0n) is 17.1. The van der Waals surface area contributed by atoms with Gasteiger partial charge >= 0.3 is 12.1 Å². The first-order valence-electron chi connectivity index (χ1n) is 10.1. The van der Waals surface area contributed by atoms with Gasteiger partial charge in [-0.2, -0.15) is 17.5 Å². The van der Waals surface area contributed by atoms with Gasteiger partial charge in [-0.1, -0.05) is 18.9 Å². The van der Waals surface area contributed by atoms with Crippen molar-refractivity contribution in [1.82, 2.24) is 9.62 Å². The molecule has 1 aromatic carbocycles. The lowest BCUT2D eigenvalue weighted by Crippen LogP contribution is -2.55. The summed E-state index contributed by atoms with van der Waals surface area (Å²) in [6, 6.07) is 3.62. The fourth-order valence-corrected chi connectivity index (χ4v) is 5.75. The number of amides is 1. The predicted molar refractivity (Wildman–Crippen MR) is 104 cm³/mol. The number of benzene rings is 1. The molecule has 0 radical (unpaired) electrons. The van der Waals surface area contributed by atoms with E-state index in [9.17, 15) is 31.2 Å². The van der Waals surface area contributed by atoms with Crippen molar-refractivity contribution in [2.45, 2.75) is 55.1 Å². The van der Waals surface area contributed by atoms with Crippen molar-refractivity contribution in [3.63, 3.8) is 0 Å². The van der Waals surface area contributed by atoms with Gasteiger partial charge in [0.25, 0.3) is 0 Å². The Bertz CT molecular complexity index is 934. The molecule has 1 aliphatic heterocycles. The van der Waals surface area contributed by atoms with Crippen LogP contribution in [0, 0.1) is 5.92 Å². The Morgan fingerprint density at radius 1 is 1.16 bits per heavy atom. The molecule has 172 valence electrons. The average molecular weight is 462 g/mol. The van der Waals surface area contributed by atoms with Gasteiger partial charge in [0.15, 0.2) is 0 Å². The molecule has 0 aromatic heterocycles. The summed E-state index contributed by atoms with van der Waals surface area (Å²) in [5.41, 5.74) is -2.07. The number of hydrogen-bond acceptors (Lipinski definition) is 5. The van der Waals surface area contributed by atoms with Gasteiger partial charge in [0.2, 0.25) is 15.9 Å². The number of halogens is 3. The van der Waals surface area contributed by atoms with Crippen LogP contribution in [0.1, 0.15) is 44.1 Å². The topological polar surface area (TPSA) is 92.8 Å². The first-order valence-corrected chi connectivity index (χ1v) is 11.5. The number of rotatable bonds is 5. The Balaban J connectivity index is 1.66. The third-order valence-corrected chi connectivity index (χ3v) is 7.91. The maximum Gasteiger partial charge on any atom is 0.416 e. The summed E-state index contributed by atoms with van der Waals surface area (Å²) >= 11 is 0. The van der Waals surface area contributed by atoms with Gasteiger partial charge in [0.05, 0.1) is 17.6 Å². The average Bonchev–Trinajstić information content (AvgIpc) is 3.22. The van der Waals surface area contributed by atoms with Crippen molar-refractivity contribution in [3.8, 4) is 0 Å². The highest BCUT2D eigenvalue weighted by Crippen LogP contribution is 2.33. The molecule has 0 bridgehead atoms. The minimum absolute atomic E-state index is 0.00187. The molecule has 1 aliphatic carbocycles. The summed E-state index contributed by atoms with van der Waals surface area (Å²) in [6.45, 7) is 0.00375. The van der Waals surface area contributed by atoms with Gasteiger partial charge in [0.1, 0.15) is 5.54 Å². The summed E-state index contributed by atoms with van der Waals surface area (Å²) < 4.78 is 70.3. The molecule has 1 saturated heterocycles. The van der Waals surface area contributed by atoms with E-state index in [2.05, 4.69) is 5.32 Å². The number of nitrogens with zero attached hydrogens (tertiary/aromatic N) is 1. The fourth-order valence-electron chi connectivity index (χ4n) is 4.23. The van der Waals surface area contributed by atoms with Crippen LogP contribution in [0.15, 0.2) is 29.2 Å². The molecule has 3 rings (SSSR count). The standard InChI is InChI=1S/C20H25F3N2O5S/c1-30-18(27)19(9-2-3-10-19)24-17(26)14-7-11-25(12-8-14)31(28,29)16-6-4-5-15(13-16)20(21,22)23/h4-6,13-14H,2-3,7-12H2,1H3,(H,24,26). The molecule has 2 aliphatic rings. The van der Waals surface area contributed by atoms with Crippen LogP contribution in [0.3, 0.4) is 0 Å². The van der Waals surface area contributed by atoms with E-state index < -0.39 is 44.1 Å². The number of methoxy groups -OCH3 is 1. The van der Waals surface area contributed by atoms with Gasteiger partial charge in [-0.3, -0.25) is 4.79 Å². The SMILES string of the molecule is COC(=O)C1(NC(=O)C2CCN(S(=O)(=O)c3cccc(C(F)(F)F)c3)CC2)CCCC1. The lowest BCUT2D eigenvalue weighted by Gasteiger charge is -2.33. The second-order valence-corrected chi connectivity index (χ2v) is 9.91. The van der Waals surface area contributed by atoms with Crippen LogP contribution in [0.5, 0.6) is 0 Å². The monoisotopic (exact) mass is 462 g/mol. The highest BCUT2D eigenvalue weighted by molar-refractivity contribution is 7.89. The molecule has 0 atom stereocenters. The second kappa shape index (κ2) is 8.78. The number of ether oxygens (including phenoxy) is 1. The Kier molecular flexibility index (Phi) is 6.66. The van der Waals surface area contributed by atoms with Crippen molar-refractivity contribution in [3.05, 3.63) is 29.8 Å². The van der Waals surface area contributed by atoms with Crippen molar-refractivity contribution in [1.29, 1.82) is 0 Å². The number of sulfonamides is 1. The highest BCUT2D eigenvalue weighted by Gasteiger charge is 2.45. The van der Waals surface area contributed by atoms with Crippen LogP contribution < -0.4 is 5.32 Å². The first-order chi connectivity index (χ1) is 14.5. The minimum Gasteiger partial charge on any atom is -0.467 e. The van der Waals surface area contributed by atoms with E-state index in [1.54, 1.807) is 0 Å². The summed E-state index contributed by atoms with van der Waals surface area (Å²) in [5, 5.41) is 2.82. The summed E-state index contributed by atoms with van der Waals surface area (Å²) in [6.07, 6.45) is -1.65. The largest absolute Gasteiger partial charge is 0.467 e. The third kappa shape index (κ3) is 4.87. The number of carbonyl (C=O) groups excluding carboxylic acids is 2. The molecule has 1 aromatic rings. The molecule has 31 heavy (non-hydrogen) atoms. The van der Waals surface area contributed by atoms with Gasteiger partial charge in [0, 0.05) is 19.0 Å². The molecule has 11 heteroatoms. The van der Waals surface area contributed by atoms with Crippen LogP contribution in [0.4, 0.5) is 13.2 Å². The van der Waals surface area contributed by atoms with Crippen molar-refractivity contribution in [2.24, 2.45) is 5.92 Å². The quantitative estimate of drug-likeness (QED) is 0.680. The number of carbonyl (C=O) groups is 2. The van der Waals surface area contributed by atoms with Crippen LogP contribution in [-0.4, -0.2) is 50.3 Å². The lowest BCUT2D eigenvalue weighted by atomic mass is 9.92. The lowest BCUT2D eigenvalue weighted by molar-refractivity contribution is -0.151. The third-order valence-electron chi connectivity index (χ3n) is 6.02. The van der Waals surface area contributed by atoms with Gasteiger partial charge in [-0.25, -0.2) is 13.2 Å². The van der Waals surface area contributed by atoms with E-state index in [4.69, 9.17) is 4.74 Å². The van der Waals surface area contributed by atoms with Crippen molar-refractivity contribution in [2.75, 3.05) is 20.2 Å². The molecular formula is C20H25F3N2O5S. The van der Waals surface area contributed by atoms with E-state index in [0.29, 0.717) is 18.9 Å². The summed E-state index contributed by atoms with van der Waals surface area (Å²) in [5.74, 6) is -1.30. The molecule has 2 fully saturated rings. The normalized spacial score (nSPS) is 20.4. The molecule has 1 amide bonds. The van der Waals surface area contributed by atoms with Crippen LogP contribution in [0.25, 0.3) is 0 Å². The van der Waals surface area contributed by atoms with Crippen LogP contribution in [0.2, 0.25) is 0 Å². The molecule has 1 N–H and O–H groups in total. The maximum atomic E-state index is 12.9. The molecule has 1 heterocycles. The fraction of sp³-hybridized carbons (Fsp3) is 0.600. The van der Waals surface area contributed by atoms with Crippen molar-refractivity contribution < 1.29 is 35.9 Å². The Morgan fingerprint density at radius 2 is 1.77 bits per heavy atom. The molecular weight excluding hydrogens is 437 g/mol. The van der Waals surface area contributed by atoms with Crippen LogP contribution >= 0.6 is 0 Å². The van der Waals surface area contributed by atoms with E-state index >= 15 is 0 Å². The molecule has 1 saturated carbocycles. The summed E-state index contributed by atoms with van der Waals surface area (Å²) in [4.78, 5) is 24.5. The van der Waals surface area contributed by atoms with Crippen molar-refractivity contribution >= 4 is 21.9 Å². The Hall–Kier alpha value is -2.14. The smallest absolute Gasteiger partial charge is 0.416 e. The second-order valence-electron chi connectivity index (χ2n) is 7.97. The molecule has 0 unspecified atom stereocenters. The van der Waals surface area contributed by atoms with E-state index in [1.165, 1.54) is 7.11 Å². The first kappa shape index (κ1) is 23.5. The number of alkyl halides is 3. The number of esters is 1. The molecule has 0 spiro atoms. The summed E-state index contributed by atoms with van der Waals surface area (Å²) in [7, 11) is -2.85.